The van der Waals surface area contributed by atoms with Gasteiger partial charge in [-0.2, -0.15) is 0 Å². The van der Waals surface area contributed by atoms with Gasteiger partial charge in [-0.3, -0.25) is 4.79 Å². The van der Waals surface area contributed by atoms with Crippen LogP contribution in [-0.2, 0) is 26.1 Å². The maximum absolute atomic E-state index is 12.2. The highest BCUT2D eigenvalue weighted by Gasteiger charge is 2.19. The van der Waals surface area contributed by atoms with Gasteiger partial charge in [0, 0.05) is 12.7 Å². The third-order valence-electron chi connectivity index (χ3n) is 3.45. The molecular weight excluding hydrogens is 364 g/mol. The van der Waals surface area contributed by atoms with Crippen molar-refractivity contribution in [2.75, 3.05) is 13.7 Å². The number of amides is 1. The topological polar surface area (TPSA) is 135 Å². The molecule has 10 heteroatoms. The van der Waals surface area contributed by atoms with Crippen LogP contribution < -0.4 is 10.0 Å². The zero-order chi connectivity index (χ0) is 19.2. The Morgan fingerprint density at radius 1 is 1.23 bits per heavy atom. The van der Waals surface area contributed by atoms with E-state index in [0.717, 1.165) is 0 Å². The molecule has 0 aliphatic rings. The van der Waals surface area contributed by atoms with Crippen molar-refractivity contribution >= 4 is 21.9 Å². The van der Waals surface area contributed by atoms with Crippen molar-refractivity contribution in [3.05, 3.63) is 54.0 Å². The van der Waals surface area contributed by atoms with Gasteiger partial charge in [-0.25, -0.2) is 17.9 Å². The summed E-state index contributed by atoms with van der Waals surface area (Å²) >= 11 is 0. The van der Waals surface area contributed by atoms with E-state index in [0.29, 0.717) is 5.76 Å². The number of carbonyl (C=O) groups is 2. The summed E-state index contributed by atoms with van der Waals surface area (Å²) in [7, 11) is -2.54. The molecule has 1 amide bonds. The van der Waals surface area contributed by atoms with Crippen LogP contribution in [0, 0.1) is 0 Å². The number of furan rings is 1. The summed E-state index contributed by atoms with van der Waals surface area (Å²) in [6.07, 6.45) is 0.277. The number of nitrogens with one attached hydrogen (secondary N) is 2. The first-order valence-electron chi connectivity index (χ1n) is 7.49. The van der Waals surface area contributed by atoms with E-state index in [4.69, 9.17) is 14.3 Å². The summed E-state index contributed by atoms with van der Waals surface area (Å²) < 4.78 is 36.6. The maximum Gasteiger partial charge on any atom is 0.334 e. The first-order chi connectivity index (χ1) is 12.3. The van der Waals surface area contributed by atoms with Gasteiger partial charge in [-0.1, -0.05) is 0 Å². The van der Waals surface area contributed by atoms with E-state index in [1.807, 2.05) is 0 Å². The number of methoxy groups -OCH3 is 1. The third-order valence-corrected chi connectivity index (χ3v) is 4.87. The molecule has 0 saturated heterocycles. The SMILES string of the molecule is COC(CNC(=O)c1ccc(S(=O)(=O)NCc2ccco2)cc1)C(=O)O. The van der Waals surface area contributed by atoms with Gasteiger partial charge in [0.05, 0.1) is 24.2 Å². The lowest BCUT2D eigenvalue weighted by Gasteiger charge is -2.12. The Balaban J connectivity index is 1.98. The molecule has 26 heavy (non-hydrogen) atoms. The molecule has 0 bridgehead atoms. The van der Waals surface area contributed by atoms with Gasteiger partial charge in [-0.05, 0) is 36.4 Å². The molecule has 1 aromatic heterocycles. The molecular formula is C16H18N2O7S. The van der Waals surface area contributed by atoms with Crippen LogP contribution in [0.5, 0.6) is 0 Å². The molecule has 0 spiro atoms. The van der Waals surface area contributed by atoms with Crippen molar-refractivity contribution in [3.63, 3.8) is 0 Å². The van der Waals surface area contributed by atoms with Gasteiger partial charge in [0.2, 0.25) is 10.0 Å². The fourth-order valence-corrected chi connectivity index (χ4v) is 3.00. The number of hydrogen-bond donors (Lipinski definition) is 3. The minimum absolute atomic E-state index is 0.00512. The average molecular weight is 382 g/mol. The van der Waals surface area contributed by atoms with E-state index in [1.165, 1.54) is 37.6 Å². The highest BCUT2D eigenvalue weighted by atomic mass is 32.2. The number of benzene rings is 1. The lowest BCUT2D eigenvalue weighted by atomic mass is 10.2. The van der Waals surface area contributed by atoms with Gasteiger partial charge in [-0.15, -0.1) is 0 Å². The number of hydrogen-bond acceptors (Lipinski definition) is 6. The van der Waals surface area contributed by atoms with Crippen molar-refractivity contribution in [1.29, 1.82) is 0 Å². The van der Waals surface area contributed by atoms with E-state index < -0.39 is 28.0 Å². The molecule has 3 N–H and O–H groups in total. The predicted molar refractivity (Wildman–Crippen MR) is 89.9 cm³/mol. The summed E-state index contributed by atoms with van der Waals surface area (Å²) in [6, 6.07) is 8.52. The number of sulfonamides is 1. The summed E-state index contributed by atoms with van der Waals surface area (Å²) in [5, 5.41) is 11.3. The second kappa shape index (κ2) is 8.61. The molecule has 1 unspecified atom stereocenters. The Bertz CT molecular complexity index is 845. The summed E-state index contributed by atoms with van der Waals surface area (Å²) in [5.74, 6) is -1.27. The minimum atomic E-state index is -3.76. The van der Waals surface area contributed by atoms with Crippen molar-refractivity contribution in [2.45, 2.75) is 17.5 Å². The van der Waals surface area contributed by atoms with Crippen LogP contribution >= 0.6 is 0 Å². The molecule has 9 nitrogen and oxygen atoms in total. The van der Waals surface area contributed by atoms with Gasteiger partial charge in [0.1, 0.15) is 5.76 Å². The molecule has 0 aliphatic carbocycles. The van der Waals surface area contributed by atoms with Crippen LogP contribution in [0.2, 0.25) is 0 Å². The summed E-state index contributed by atoms with van der Waals surface area (Å²) in [4.78, 5) is 22.8. The number of rotatable bonds is 9. The van der Waals surface area contributed by atoms with Gasteiger partial charge >= 0.3 is 5.97 Å². The first kappa shape index (κ1) is 19.6. The molecule has 1 atom stereocenters. The molecule has 0 aliphatic heterocycles. The van der Waals surface area contributed by atoms with Crippen LogP contribution in [0.1, 0.15) is 16.1 Å². The fourth-order valence-electron chi connectivity index (χ4n) is 2.01. The van der Waals surface area contributed by atoms with E-state index in [9.17, 15) is 18.0 Å². The molecule has 2 aromatic rings. The monoisotopic (exact) mass is 382 g/mol. The molecule has 2 rings (SSSR count). The number of carboxylic acids is 1. The van der Waals surface area contributed by atoms with Gasteiger partial charge in [0.25, 0.3) is 5.91 Å². The second-order valence-electron chi connectivity index (χ2n) is 5.20. The van der Waals surface area contributed by atoms with E-state index in [-0.39, 0.29) is 23.5 Å². The maximum atomic E-state index is 12.2. The molecule has 1 heterocycles. The lowest BCUT2D eigenvalue weighted by Crippen LogP contribution is -2.37. The quantitative estimate of drug-likeness (QED) is 0.577. The number of carboxylic acid groups (broad SMARTS) is 1. The van der Waals surface area contributed by atoms with Crippen LogP contribution in [0.3, 0.4) is 0 Å². The highest BCUT2D eigenvalue weighted by Crippen LogP contribution is 2.12. The Labute approximate surface area is 150 Å². The zero-order valence-corrected chi connectivity index (χ0v) is 14.7. The van der Waals surface area contributed by atoms with E-state index >= 15 is 0 Å². The lowest BCUT2D eigenvalue weighted by molar-refractivity contribution is -0.148. The van der Waals surface area contributed by atoms with E-state index in [1.54, 1.807) is 12.1 Å². The summed E-state index contributed by atoms with van der Waals surface area (Å²) in [6.45, 7) is -0.208. The van der Waals surface area contributed by atoms with Crippen LogP contribution in [-0.4, -0.2) is 45.2 Å². The smallest absolute Gasteiger partial charge is 0.334 e. The predicted octanol–water partition coefficient (Wildman–Crippen LogP) is 0.588. The van der Waals surface area contributed by atoms with E-state index in [2.05, 4.69) is 10.0 Å². The molecule has 0 fully saturated rings. The third kappa shape index (κ3) is 5.15. The largest absolute Gasteiger partial charge is 0.479 e. The molecule has 0 saturated carbocycles. The van der Waals surface area contributed by atoms with Crippen molar-refractivity contribution in [2.24, 2.45) is 0 Å². The Morgan fingerprint density at radius 2 is 1.92 bits per heavy atom. The zero-order valence-electron chi connectivity index (χ0n) is 13.8. The Hall–Kier alpha value is -2.69. The number of ether oxygens (including phenoxy) is 1. The summed E-state index contributed by atoms with van der Waals surface area (Å²) in [5.41, 5.74) is 0.190. The fraction of sp³-hybridized carbons (Fsp3) is 0.250. The number of aliphatic carboxylic acids is 1. The second-order valence-corrected chi connectivity index (χ2v) is 6.97. The van der Waals surface area contributed by atoms with Crippen LogP contribution in [0.4, 0.5) is 0 Å². The van der Waals surface area contributed by atoms with Crippen LogP contribution in [0.15, 0.2) is 52.0 Å². The Kier molecular flexibility index (Phi) is 6.50. The highest BCUT2D eigenvalue weighted by molar-refractivity contribution is 7.89. The number of carbonyl (C=O) groups excluding carboxylic acids is 1. The van der Waals surface area contributed by atoms with Gasteiger partial charge < -0.3 is 19.6 Å². The standard InChI is InChI=1S/C16H18N2O7S/c1-24-14(16(20)21)10-17-15(19)11-4-6-13(7-5-11)26(22,23)18-9-12-3-2-8-25-12/h2-8,14,18H,9-10H2,1H3,(H,17,19)(H,20,21). The minimum Gasteiger partial charge on any atom is -0.479 e. The molecule has 1 aromatic carbocycles. The Morgan fingerprint density at radius 3 is 2.46 bits per heavy atom. The van der Waals surface area contributed by atoms with Gasteiger partial charge in [0.15, 0.2) is 6.10 Å². The van der Waals surface area contributed by atoms with Crippen molar-refractivity contribution < 1.29 is 32.3 Å². The van der Waals surface area contributed by atoms with Crippen LogP contribution in [0.25, 0.3) is 0 Å². The molecule has 140 valence electrons. The van der Waals surface area contributed by atoms with Crippen molar-refractivity contribution in [1.82, 2.24) is 10.0 Å². The first-order valence-corrected chi connectivity index (χ1v) is 8.97. The normalized spacial score (nSPS) is 12.5. The van der Waals surface area contributed by atoms with Crippen molar-refractivity contribution in [3.8, 4) is 0 Å². The molecule has 0 radical (unpaired) electrons. The average Bonchev–Trinajstić information content (AvgIpc) is 3.14.